The maximum atomic E-state index is 12.5. The molecule has 0 atom stereocenters. The fraction of sp³-hybridized carbons (Fsp3) is 0.281. The molecule has 7 rings (SSSR count). The normalized spacial score (nSPS) is 15.6. The van der Waals surface area contributed by atoms with Crippen LogP contribution in [-0.4, -0.2) is 78.5 Å². The topological polar surface area (TPSA) is 164 Å². The number of hydrogen-bond acceptors (Lipinski definition) is 11. The molecule has 13 heteroatoms. The number of rotatable bonds is 5. The van der Waals surface area contributed by atoms with Crippen LogP contribution in [0.3, 0.4) is 0 Å². The summed E-state index contributed by atoms with van der Waals surface area (Å²) in [5, 5.41) is 25.7. The van der Waals surface area contributed by atoms with Crippen molar-refractivity contribution in [2.45, 2.75) is 19.3 Å². The first-order valence-corrected chi connectivity index (χ1v) is 14.8. The van der Waals surface area contributed by atoms with Gasteiger partial charge in [-0.05, 0) is 60.9 Å². The Morgan fingerprint density at radius 1 is 1.00 bits per heavy atom. The molecule has 2 aliphatic rings. The smallest absolute Gasteiger partial charge is 0.272 e. The number of anilines is 3. The predicted octanol–water partition coefficient (Wildman–Crippen LogP) is 2.54. The van der Waals surface area contributed by atoms with E-state index < -0.39 is 0 Å². The molecule has 6 heterocycles. The van der Waals surface area contributed by atoms with Crippen LogP contribution >= 0.6 is 0 Å². The van der Waals surface area contributed by atoms with Crippen molar-refractivity contribution in [3.8, 4) is 28.8 Å². The largest absolute Gasteiger partial charge is 0.507 e. The van der Waals surface area contributed by atoms with Gasteiger partial charge in [0.2, 0.25) is 5.82 Å². The number of phenols is 1. The Morgan fingerprint density at radius 3 is 2.64 bits per heavy atom. The van der Waals surface area contributed by atoms with Crippen molar-refractivity contribution in [2.75, 3.05) is 48.3 Å². The Morgan fingerprint density at radius 2 is 1.82 bits per heavy atom. The third-order valence-corrected chi connectivity index (χ3v) is 8.56. The third kappa shape index (κ3) is 5.77. The van der Waals surface area contributed by atoms with Crippen LogP contribution < -0.4 is 20.9 Å². The average molecular weight is 602 g/mol. The van der Waals surface area contributed by atoms with Gasteiger partial charge in [-0.25, -0.2) is 19.5 Å². The maximum Gasteiger partial charge on any atom is 0.272 e. The molecular weight excluding hydrogens is 570 g/mol. The zero-order chi connectivity index (χ0) is 30.8. The summed E-state index contributed by atoms with van der Waals surface area (Å²) in [4.78, 5) is 30.2. The zero-order valence-corrected chi connectivity index (χ0v) is 24.5. The van der Waals surface area contributed by atoms with Crippen molar-refractivity contribution in [1.29, 1.82) is 0 Å². The molecule has 0 saturated carbocycles. The van der Waals surface area contributed by atoms with Crippen LogP contribution in [-0.2, 0) is 0 Å². The van der Waals surface area contributed by atoms with E-state index in [9.17, 15) is 9.90 Å². The fourth-order valence-electron chi connectivity index (χ4n) is 6.09. The highest BCUT2D eigenvalue weighted by Gasteiger charge is 2.41. The standard InChI is InChI=1S/C32H31N11O2/c33-30-25(19-23(38-39-30)22-5-1-2-6-26(22)44)41-16-9-32(10-17-41)11-18-42(21-32)28-8-14-34-27(37-28)7-3-12-36-31(45)24-20-29-35-13-4-15-43(29)40-24/h1-2,4-6,8,13-15,19-20,44H,9-12,16-18,21H2,(H2,33,39)(H,36,45). The van der Waals surface area contributed by atoms with E-state index in [1.807, 2.05) is 24.3 Å². The highest BCUT2D eigenvalue weighted by atomic mass is 16.3. The van der Waals surface area contributed by atoms with Crippen molar-refractivity contribution in [2.24, 2.45) is 5.41 Å². The first kappa shape index (κ1) is 28.0. The van der Waals surface area contributed by atoms with Gasteiger partial charge in [0.15, 0.2) is 17.2 Å². The number of phenolic OH excluding ortho intramolecular Hbond substituents is 1. The van der Waals surface area contributed by atoms with Gasteiger partial charge in [0, 0.05) is 56.4 Å². The minimum absolute atomic E-state index is 0.141. The number of nitrogens with two attached hydrogens (primary N) is 1. The van der Waals surface area contributed by atoms with E-state index in [2.05, 4.69) is 52.2 Å². The Balaban J connectivity index is 0.956. The second kappa shape index (κ2) is 11.7. The van der Waals surface area contributed by atoms with Gasteiger partial charge in [-0.2, -0.15) is 5.10 Å². The van der Waals surface area contributed by atoms with Gasteiger partial charge >= 0.3 is 0 Å². The molecule has 45 heavy (non-hydrogen) atoms. The van der Waals surface area contributed by atoms with Gasteiger partial charge < -0.3 is 26.0 Å². The lowest BCUT2D eigenvalue weighted by atomic mass is 9.77. The molecule has 2 fully saturated rings. The summed E-state index contributed by atoms with van der Waals surface area (Å²) in [6, 6.07) is 14.3. The summed E-state index contributed by atoms with van der Waals surface area (Å²) < 4.78 is 1.55. The number of carbonyl (C=O) groups is 1. The van der Waals surface area contributed by atoms with E-state index in [-0.39, 0.29) is 29.3 Å². The summed E-state index contributed by atoms with van der Waals surface area (Å²) >= 11 is 0. The Bertz CT molecular complexity index is 1910. The molecule has 2 aliphatic heterocycles. The van der Waals surface area contributed by atoms with E-state index >= 15 is 0 Å². The molecule has 0 radical (unpaired) electrons. The van der Waals surface area contributed by atoms with Gasteiger partial charge in [0.1, 0.15) is 11.6 Å². The summed E-state index contributed by atoms with van der Waals surface area (Å²) in [5.41, 5.74) is 9.39. The summed E-state index contributed by atoms with van der Waals surface area (Å²) in [7, 11) is 0. The molecule has 1 aromatic carbocycles. The van der Waals surface area contributed by atoms with Crippen molar-refractivity contribution >= 4 is 28.9 Å². The number of carbonyl (C=O) groups excluding carboxylic acids is 1. The molecule has 5 aromatic rings. The number of aromatic hydroxyl groups is 1. The number of hydrogen-bond donors (Lipinski definition) is 3. The van der Waals surface area contributed by atoms with Crippen molar-refractivity contribution in [1.82, 2.24) is 40.1 Å². The highest BCUT2D eigenvalue weighted by Crippen LogP contribution is 2.43. The van der Waals surface area contributed by atoms with Crippen LogP contribution in [0.4, 0.5) is 17.3 Å². The number of para-hydroxylation sites is 1. The molecule has 4 aromatic heterocycles. The van der Waals surface area contributed by atoms with Crippen LogP contribution in [0.25, 0.3) is 16.9 Å². The minimum atomic E-state index is -0.323. The molecule has 0 aliphatic carbocycles. The SMILES string of the molecule is Nc1nnc(-c2ccccc2O)cc1N1CCC2(CCN(c3ccnc(C#CCNC(=O)c4cc5ncccn5n4)n3)C2)CC1. The quantitative estimate of drug-likeness (QED) is 0.254. The van der Waals surface area contributed by atoms with Gasteiger partial charge in [-0.15, -0.1) is 10.2 Å². The number of piperidine rings is 1. The van der Waals surface area contributed by atoms with E-state index in [1.165, 1.54) is 0 Å². The molecule has 4 N–H and O–H groups in total. The van der Waals surface area contributed by atoms with Crippen LogP contribution in [0.2, 0.25) is 0 Å². The lowest BCUT2D eigenvalue weighted by Crippen LogP contribution is -2.42. The number of fused-ring (bicyclic) bond motifs is 1. The lowest BCUT2D eigenvalue weighted by Gasteiger charge is -2.40. The van der Waals surface area contributed by atoms with Crippen molar-refractivity contribution < 1.29 is 9.90 Å². The number of nitrogen functional groups attached to an aromatic ring is 1. The Labute approximate surface area is 259 Å². The molecule has 1 spiro atoms. The zero-order valence-electron chi connectivity index (χ0n) is 24.5. The number of nitrogens with one attached hydrogen (secondary N) is 1. The average Bonchev–Trinajstić information content (AvgIpc) is 3.69. The summed E-state index contributed by atoms with van der Waals surface area (Å²) in [6.45, 7) is 3.65. The molecule has 2 saturated heterocycles. The van der Waals surface area contributed by atoms with Crippen LogP contribution in [0, 0.1) is 17.3 Å². The third-order valence-electron chi connectivity index (χ3n) is 8.56. The monoisotopic (exact) mass is 601 g/mol. The number of aromatic nitrogens is 7. The first-order chi connectivity index (χ1) is 22.0. The summed E-state index contributed by atoms with van der Waals surface area (Å²) in [5.74, 6) is 7.40. The second-order valence-corrected chi connectivity index (χ2v) is 11.4. The Hall–Kier alpha value is -5.77. The minimum Gasteiger partial charge on any atom is -0.507 e. The molecule has 226 valence electrons. The van der Waals surface area contributed by atoms with E-state index in [4.69, 9.17) is 10.7 Å². The highest BCUT2D eigenvalue weighted by molar-refractivity contribution is 5.93. The van der Waals surface area contributed by atoms with Crippen LogP contribution in [0.15, 0.2) is 67.1 Å². The van der Waals surface area contributed by atoms with E-state index in [0.29, 0.717) is 28.5 Å². The van der Waals surface area contributed by atoms with E-state index in [1.54, 1.807) is 47.4 Å². The first-order valence-electron chi connectivity index (χ1n) is 14.8. The lowest BCUT2D eigenvalue weighted by molar-refractivity contribution is 0.0953. The van der Waals surface area contributed by atoms with Crippen molar-refractivity contribution in [3.05, 3.63) is 78.6 Å². The van der Waals surface area contributed by atoms with Crippen LogP contribution in [0.1, 0.15) is 35.6 Å². The molecule has 13 nitrogen and oxygen atoms in total. The second-order valence-electron chi connectivity index (χ2n) is 11.4. The number of benzene rings is 1. The summed E-state index contributed by atoms with van der Waals surface area (Å²) in [6.07, 6.45) is 8.21. The Kier molecular flexibility index (Phi) is 7.30. The van der Waals surface area contributed by atoms with Gasteiger partial charge in [0.25, 0.3) is 5.91 Å². The fourth-order valence-corrected chi connectivity index (χ4v) is 6.09. The maximum absolute atomic E-state index is 12.5. The van der Waals surface area contributed by atoms with Crippen LogP contribution in [0.5, 0.6) is 5.75 Å². The van der Waals surface area contributed by atoms with E-state index in [0.717, 1.165) is 56.9 Å². The number of amides is 1. The van der Waals surface area contributed by atoms with Gasteiger partial charge in [-0.3, -0.25) is 4.79 Å². The molecule has 0 unspecified atom stereocenters. The molecule has 1 amide bonds. The molecular formula is C32H31N11O2. The predicted molar refractivity (Wildman–Crippen MR) is 168 cm³/mol. The molecule has 0 bridgehead atoms. The van der Waals surface area contributed by atoms with Crippen molar-refractivity contribution in [3.63, 3.8) is 0 Å². The van der Waals surface area contributed by atoms with Gasteiger partial charge in [-0.1, -0.05) is 18.1 Å². The number of nitrogens with zero attached hydrogens (tertiary/aromatic N) is 9. The van der Waals surface area contributed by atoms with Gasteiger partial charge in [0.05, 0.1) is 17.9 Å².